The van der Waals surface area contributed by atoms with Crippen molar-refractivity contribution < 1.29 is 9.90 Å². The molecule has 0 spiro atoms. The number of aliphatic hydroxyl groups is 1. The van der Waals surface area contributed by atoms with Crippen molar-refractivity contribution in [3.8, 4) is 0 Å². The summed E-state index contributed by atoms with van der Waals surface area (Å²) in [6.07, 6.45) is 4.20. The minimum atomic E-state index is -0.0175. The van der Waals surface area contributed by atoms with E-state index in [0.29, 0.717) is 6.54 Å². The van der Waals surface area contributed by atoms with Crippen LogP contribution in [0.25, 0.3) is 6.08 Å². The summed E-state index contributed by atoms with van der Waals surface area (Å²) in [5.41, 5.74) is 3.76. The molecule has 2 aromatic heterocycles. The average molecular weight is 322 g/mol. The van der Waals surface area contributed by atoms with Crippen molar-refractivity contribution in [2.75, 3.05) is 13.6 Å². The van der Waals surface area contributed by atoms with Crippen molar-refractivity contribution in [1.29, 1.82) is 0 Å². The summed E-state index contributed by atoms with van der Waals surface area (Å²) in [6, 6.07) is 1.88. The fourth-order valence-electron chi connectivity index (χ4n) is 1.79. The van der Waals surface area contributed by atoms with E-state index < -0.39 is 0 Å². The Kier molecular flexibility index (Phi) is 5.67. The molecule has 4 nitrogen and oxygen atoms in total. The lowest BCUT2D eigenvalue weighted by molar-refractivity contribution is -0.124. The van der Waals surface area contributed by atoms with E-state index in [0.717, 1.165) is 22.6 Å². The van der Waals surface area contributed by atoms with Crippen LogP contribution in [0.1, 0.15) is 21.0 Å². The molecule has 0 bridgehead atoms. The summed E-state index contributed by atoms with van der Waals surface area (Å²) < 4.78 is 0. The number of thiophene rings is 1. The normalized spacial score (nSPS) is 11.2. The fourth-order valence-corrected chi connectivity index (χ4v) is 3.36. The third kappa shape index (κ3) is 4.49. The molecule has 6 heteroatoms. The number of nitrogens with zero attached hydrogens (tertiary/aromatic N) is 2. The maximum atomic E-state index is 12.0. The molecule has 2 rings (SSSR count). The van der Waals surface area contributed by atoms with Crippen LogP contribution in [-0.4, -0.2) is 34.5 Å². The maximum absolute atomic E-state index is 12.0. The maximum Gasteiger partial charge on any atom is 0.246 e. The van der Waals surface area contributed by atoms with Crippen LogP contribution < -0.4 is 0 Å². The Morgan fingerprint density at radius 3 is 2.90 bits per heavy atom. The number of amides is 1. The molecule has 0 aliphatic heterocycles. The van der Waals surface area contributed by atoms with Crippen LogP contribution in [0.4, 0.5) is 0 Å². The van der Waals surface area contributed by atoms with Crippen LogP contribution in [0.5, 0.6) is 0 Å². The predicted molar refractivity (Wildman–Crippen MR) is 87.5 cm³/mol. The van der Waals surface area contributed by atoms with E-state index in [1.54, 1.807) is 35.4 Å². The Bertz CT molecular complexity index is 631. The van der Waals surface area contributed by atoms with Gasteiger partial charge in [0.15, 0.2) is 0 Å². The second-order valence-corrected chi connectivity index (χ2v) is 6.60. The van der Waals surface area contributed by atoms with Gasteiger partial charge in [-0.05, 0) is 30.0 Å². The highest BCUT2D eigenvalue weighted by molar-refractivity contribution is 7.11. The molecule has 1 amide bonds. The Morgan fingerprint density at radius 1 is 1.48 bits per heavy atom. The number of aliphatic hydroxyl groups excluding tert-OH is 1. The second kappa shape index (κ2) is 7.49. The standard InChI is InChI=1S/C15H18N2O2S2/c1-11-14(21-10-16-11)5-6-17(2)15(19)4-3-13-7-12(8-18)9-20-13/h3-4,7,9-10,18H,5-6,8H2,1-2H3/b4-3+. The minimum Gasteiger partial charge on any atom is -0.392 e. The van der Waals surface area contributed by atoms with Crippen LogP contribution in [0.15, 0.2) is 23.0 Å². The van der Waals surface area contributed by atoms with Crippen molar-refractivity contribution in [2.24, 2.45) is 0 Å². The number of carbonyl (C=O) groups excluding carboxylic acids is 1. The largest absolute Gasteiger partial charge is 0.392 e. The summed E-state index contributed by atoms with van der Waals surface area (Å²) in [6.45, 7) is 2.70. The molecule has 21 heavy (non-hydrogen) atoms. The molecule has 0 atom stereocenters. The van der Waals surface area contributed by atoms with Crippen molar-refractivity contribution in [1.82, 2.24) is 9.88 Å². The number of aryl methyl sites for hydroxylation is 1. The molecule has 2 heterocycles. The summed E-state index contributed by atoms with van der Waals surface area (Å²) >= 11 is 3.15. The Hall–Kier alpha value is -1.50. The van der Waals surface area contributed by atoms with Gasteiger partial charge < -0.3 is 10.0 Å². The molecule has 0 saturated carbocycles. The van der Waals surface area contributed by atoms with Crippen LogP contribution in [0.2, 0.25) is 0 Å². The summed E-state index contributed by atoms with van der Waals surface area (Å²) in [7, 11) is 1.80. The van der Waals surface area contributed by atoms with Crippen LogP contribution >= 0.6 is 22.7 Å². The fraction of sp³-hybridized carbons (Fsp3) is 0.333. The lowest BCUT2D eigenvalue weighted by Gasteiger charge is -2.14. The Labute approximate surface area is 132 Å². The van der Waals surface area contributed by atoms with Gasteiger partial charge >= 0.3 is 0 Å². The molecule has 0 fully saturated rings. The van der Waals surface area contributed by atoms with Gasteiger partial charge in [-0.3, -0.25) is 4.79 Å². The zero-order chi connectivity index (χ0) is 15.2. The molecule has 0 unspecified atom stereocenters. The summed E-state index contributed by atoms with van der Waals surface area (Å²) in [5, 5.41) is 10.9. The van der Waals surface area contributed by atoms with Crippen molar-refractivity contribution >= 4 is 34.7 Å². The molecule has 0 aromatic carbocycles. The van der Waals surface area contributed by atoms with E-state index in [2.05, 4.69) is 4.98 Å². The van der Waals surface area contributed by atoms with Gasteiger partial charge in [0.05, 0.1) is 17.8 Å². The summed E-state index contributed by atoms with van der Waals surface area (Å²) in [5.74, 6) is -0.0175. The topological polar surface area (TPSA) is 53.4 Å². The molecule has 0 saturated heterocycles. The van der Waals surface area contributed by atoms with E-state index in [-0.39, 0.29) is 12.5 Å². The zero-order valence-corrected chi connectivity index (χ0v) is 13.7. The van der Waals surface area contributed by atoms with Gasteiger partial charge in [0, 0.05) is 35.8 Å². The first-order valence-corrected chi connectivity index (χ1v) is 8.36. The number of aromatic nitrogens is 1. The number of hydrogen-bond donors (Lipinski definition) is 1. The summed E-state index contributed by atoms with van der Waals surface area (Å²) in [4.78, 5) is 20.1. The molecule has 0 aliphatic rings. The van der Waals surface area contributed by atoms with Crippen molar-refractivity contribution in [2.45, 2.75) is 20.0 Å². The van der Waals surface area contributed by atoms with Gasteiger partial charge in [0.2, 0.25) is 5.91 Å². The van der Waals surface area contributed by atoms with Gasteiger partial charge in [0.1, 0.15) is 0 Å². The lowest BCUT2D eigenvalue weighted by Crippen LogP contribution is -2.26. The number of rotatable bonds is 6. The second-order valence-electron chi connectivity index (χ2n) is 4.72. The third-order valence-electron chi connectivity index (χ3n) is 3.14. The van der Waals surface area contributed by atoms with Crippen molar-refractivity contribution in [3.63, 3.8) is 0 Å². The monoisotopic (exact) mass is 322 g/mol. The van der Waals surface area contributed by atoms with Crippen molar-refractivity contribution in [3.05, 3.63) is 44.0 Å². The van der Waals surface area contributed by atoms with E-state index in [4.69, 9.17) is 5.11 Å². The van der Waals surface area contributed by atoms with E-state index in [1.165, 1.54) is 16.2 Å². The molecule has 0 radical (unpaired) electrons. The highest BCUT2D eigenvalue weighted by atomic mass is 32.1. The Balaban J connectivity index is 1.86. The third-order valence-corrected chi connectivity index (χ3v) is 5.08. The van der Waals surface area contributed by atoms with Crippen LogP contribution in [0.3, 0.4) is 0 Å². The lowest BCUT2D eigenvalue weighted by atomic mass is 10.3. The highest BCUT2D eigenvalue weighted by Crippen LogP contribution is 2.16. The average Bonchev–Trinajstić information content (AvgIpc) is 3.10. The van der Waals surface area contributed by atoms with Crippen LogP contribution in [-0.2, 0) is 17.8 Å². The van der Waals surface area contributed by atoms with Gasteiger partial charge in [-0.2, -0.15) is 0 Å². The smallest absolute Gasteiger partial charge is 0.246 e. The van der Waals surface area contributed by atoms with Crippen LogP contribution in [0, 0.1) is 6.92 Å². The molecule has 112 valence electrons. The molecule has 0 aliphatic carbocycles. The van der Waals surface area contributed by atoms with Gasteiger partial charge in [-0.25, -0.2) is 4.98 Å². The van der Waals surface area contributed by atoms with Gasteiger partial charge in [-0.15, -0.1) is 22.7 Å². The highest BCUT2D eigenvalue weighted by Gasteiger charge is 2.07. The van der Waals surface area contributed by atoms with Gasteiger partial charge in [0.25, 0.3) is 0 Å². The first-order chi connectivity index (χ1) is 10.1. The van der Waals surface area contributed by atoms with E-state index >= 15 is 0 Å². The number of likely N-dealkylation sites (N-methyl/N-ethyl adjacent to an activating group) is 1. The first-order valence-electron chi connectivity index (χ1n) is 6.60. The minimum absolute atomic E-state index is 0.0175. The molecular weight excluding hydrogens is 304 g/mol. The molecule has 2 aromatic rings. The number of carbonyl (C=O) groups is 1. The first kappa shape index (κ1) is 15.9. The van der Waals surface area contributed by atoms with Gasteiger partial charge in [-0.1, -0.05) is 0 Å². The Morgan fingerprint density at radius 2 is 2.29 bits per heavy atom. The SMILES string of the molecule is Cc1ncsc1CCN(C)C(=O)/C=C/c1cc(CO)cs1. The van der Waals surface area contributed by atoms with E-state index in [1.807, 2.05) is 23.9 Å². The molecular formula is C15H18N2O2S2. The van der Waals surface area contributed by atoms with E-state index in [9.17, 15) is 4.79 Å². The quantitative estimate of drug-likeness (QED) is 0.832. The number of thiazole rings is 1. The number of hydrogen-bond acceptors (Lipinski definition) is 5. The molecule has 1 N–H and O–H groups in total. The zero-order valence-electron chi connectivity index (χ0n) is 12.1. The predicted octanol–water partition coefficient (Wildman–Crippen LogP) is 2.72.